The predicted molar refractivity (Wildman–Crippen MR) is 59.3 cm³/mol. The SMILES string of the molecule is N[C](CO)C(=O)CCc1ccc(Cl)cc1. The normalized spacial score (nSPS) is 10.7. The van der Waals surface area contributed by atoms with E-state index in [1.807, 2.05) is 12.1 Å². The molecule has 0 aliphatic heterocycles. The van der Waals surface area contributed by atoms with Crippen molar-refractivity contribution in [3.05, 3.63) is 40.9 Å². The number of ketones is 1. The third-order valence-electron chi connectivity index (χ3n) is 2.08. The summed E-state index contributed by atoms with van der Waals surface area (Å²) in [7, 11) is 0. The van der Waals surface area contributed by atoms with Crippen LogP contribution >= 0.6 is 11.6 Å². The van der Waals surface area contributed by atoms with E-state index in [4.69, 9.17) is 22.4 Å². The highest BCUT2D eigenvalue weighted by Gasteiger charge is 2.12. The second kappa shape index (κ2) is 5.85. The van der Waals surface area contributed by atoms with Crippen molar-refractivity contribution in [1.29, 1.82) is 0 Å². The van der Waals surface area contributed by atoms with E-state index in [0.29, 0.717) is 17.9 Å². The molecule has 15 heavy (non-hydrogen) atoms. The minimum Gasteiger partial charge on any atom is -0.394 e. The van der Waals surface area contributed by atoms with E-state index >= 15 is 0 Å². The number of hydrogen-bond donors (Lipinski definition) is 2. The summed E-state index contributed by atoms with van der Waals surface area (Å²) < 4.78 is 0. The molecular weight excluding hydrogens is 214 g/mol. The number of hydrogen-bond acceptors (Lipinski definition) is 3. The first kappa shape index (κ1) is 12.2. The minimum absolute atomic E-state index is 0.0176. The summed E-state index contributed by atoms with van der Waals surface area (Å²) in [4.78, 5) is 11.3. The molecule has 3 nitrogen and oxygen atoms in total. The smallest absolute Gasteiger partial charge is 0.157 e. The van der Waals surface area contributed by atoms with Gasteiger partial charge in [0, 0.05) is 11.4 Å². The molecule has 0 fully saturated rings. The van der Waals surface area contributed by atoms with Gasteiger partial charge in [0.25, 0.3) is 0 Å². The highest BCUT2D eigenvalue weighted by atomic mass is 35.5. The number of halogens is 1. The van der Waals surface area contributed by atoms with Crippen molar-refractivity contribution < 1.29 is 9.90 Å². The van der Waals surface area contributed by atoms with E-state index in [0.717, 1.165) is 5.56 Å². The maximum Gasteiger partial charge on any atom is 0.157 e. The number of aryl methyl sites for hydroxylation is 1. The van der Waals surface area contributed by atoms with Crippen LogP contribution in [0.15, 0.2) is 24.3 Å². The van der Waals surface area contributed by atoms with Gasteiger partial charge in [-0.15, -0.1) is 0 Å². The molecule has 0 aromatic heterocycles. The number of rotatable bonds is 5. The summed E-state index contributed by atoms with van der Waals surface area (Å²) in [6.07, 6.45) is 0.921. The van der Waals surface area contributed by atoms with E-state index in [-0.39, 0.29) is 18.4 Å². The second-order valence-electron chi connectivity index (χ2n) is 3.23. The van der Waals surface area contributed by atoms with Gasteiger partial charge in [-0.2, -0.15) is 0 Å². The fourth-order valence-corrected chi connectivity index (χ4v) is 1.28. The average molecular weight is 227 g/mol. The number of carbonyl (C=O) groups excluding carboxylic acids is 1. The quantitative estimate of drug-likeness (QED) is 0.796. The van der Waals surface area contributed by atoms with Crippen LogP contribution in [0.2, 0.25) is 5.02 Å². The van der Waals surface area contributed by atoms with Crippen LogP contribution in [0.5, 0.6) is 0 Å². The lowest BCUT2D eigenvalue weighted by atomic mass is 10.0. The predicted octanol–water partition coefficient (Wildman–Crippen LogP) is 1.32. The van der Waals surface area contributed by atoms with Gasteiger partial charge in [-0.05, 0) is 24.1 Å². The van der Waals surface area contributed by atoms with Gasteiger partial charge in [0.1, 0.15) is 6.04 Å². The molecule has 0 aliphatic rings. The van der Waals surface area contributed by atoms with Crippen LogP contribution in [0, 0.1) is 6.04 Å². The van der Waals surface area contributed by atoms with Crippen molar-refractivity contribution in [3.63, 3.8) is 0 Å². The first-order valence-corrected chi connectivity index (χ1v) is 5.01. The van der Waals surface area contributed by atoms with Gasteiger partial charge in [0.15, 0.2) is 5.78 Å². The molecule has 1 rings (SSSR count). The lowest BCUT2D eigenvalue weighted by Gasteiger charge is -2.05. The monoisotopic (exact) mass is 226 g/mol. The van der Waals surface area contributed by atoms with Crippen LogP contribution in [0.3, 0.4) is 0 Å². The summed E-state index contributed by atoms with van der Waals surface area (Å²) in [5, 5.41) is 9.31. The van der Waals surface area contributed by atoms with Crippen molar-refractivity contribution in [3.8, 4) is 0 Å². The zero-order valence-electron chi connectivity index (χ0n) is 8.24. The molecule has 1 aromatic carbocycles. The molecule has 0 spiro atoms. The molecule has 0 bridgehead atoms. The van der Waals surface area contributed by atoms with E-state index in [9.17, 15) is 4.79 Å². The largest absolute Gasteiger partial charge is 0.394 e. The van der Waals surface area contributed by atoms with Crippen LogP contribution in [0.25, 0.3) is 0 Å². The Hall–Kier alpha value is -0.900. The Morgan fingerprint density at radius 2 is 1.93 bits per heavy atom. The van der Waals surface area contributed by atoms with Crippen molar-refractivity contribution in [2.24, 2.45) is 5.73 Å². The molecule has 0 unspecified atom stereocenters. The molecule has 1 aromatic rings. The van der Waals surface area contributed by atoms with Crippen molar-refractivity contribution in [2.75, 3.05) is 6.61 Å². The average Bonchev–Trinajstić information content (AvgIpc) is 2.26. The van der Waals surface area contributed by atoms with Gasteiger partial charge >= 0.3 is 0 Å². The molecule has 1 radical (unpaired) electrons. The summed E-state index contributed by atoms with van der Waals surface area (Å²) in [6.45, 7) is -0.376. The molecule has 0 amide bonds. The Balaban J connectivity index is 2.43. The van der Waals surface area contributed by atoms with Crippen molar-refractivity contribution in [2.45, 2.75) is 12.8 Å². The lowest BCUT2D eigenvalue weighted by molar-refractivity contribution is -0.117. The number of aliphatic hydroxyl groups excluding tert-OH is 1. The number of benzene rings is 1. The molecule has 0 atom stereocenters. The topological polar surface area (TPSA) is 63.3 Å². The lowest BCUT2D eigenvalue weighted by Crippen LogP contribution is -2.24. The second-order valence-corrected chi connectivity index (χ2v) is 3.67. The number of carbonyl (C=O) groups is 1. The first-order chi connectivity index (χ1) is 7.13. The van der Waals surface area contributed by atoms with Crippen LogP contribution in [-0.4, -0.2) is 17.5 Å². The highest BCUT2D eigenvalue weighted by Crippen LogP contribution is 2.11. The molecule has 0 aliphatic carbocycles. The van der Waals surface area contributed by atoms with Gasteiger partial charge in [-0.25, -0.2) is 0 Å². The Bertz CT molecular complexity index is 324. The summed E-state index contributed by atoms with van der Waals surface area (Å²) in [5.41, 5.74) is 6.33. The molecule has 0 saturated heterocycles. The molecule has 0 saturated carbocycles. The van der Waals surface area contributed by atoms with Gasteiger partial charge in [0.05, 0.1) is 6.61 Å². The van der Waals surface area contributed by atoms with E-state index in [1.165, 1.54) is 0 Å². The van der Waals surface area contributed by atoms with Gasteiger partial charge in [-0.1, -0.05) is 23.7 Å². The van der Waals surface area contributed by atoms with Crippen molar-refractivity contribution in [1.82, 2.24) is 0 Å². The Morgan fingerprint density at radius 1 is 1.33 bits per heavy atom. The number of Topliss-reactive ketones (excluding diaryl/α,β-unsaturated/α-hetero) is 1. The van der Waals surface area contributed by atoms with Gasteiger partial charge < -0.3 is 10.8 Å². The summed E-state index contributed by atoms with van der Waals surface area (Å²) in [6, 6.07) is 7.31. The molecular formula is C11H13ClNO2. The zero-order valence-corrected chi connectivity index (χ0v) is 9.00. The third kappa shape index (κ3) is 4.00. The van der Waals surface area contributed by atoms with Crippen LogP contribution in [0.1, 0.15) is 12.0 Å². The maximum atomic E-state index is 11.3. The Morgan fingerprint density at radius 3 is 2.47 bits per heavy atom. The maximum absolute atomic E-state index is 11.3. The van der Waals surface area contributed by atoms with Crippen LogP contribution in [0.4, 0.5) is 0 Å². The standard InChI is InChI=1S/C11H13ClNO2/c12-9-4-1-8(2-5-9)3-6-11(15)10(13)7-14/h1-2,4-5,14H,3,6-7,13H2. The molecule has 4 heteroatoms. The van der Waals surface area contributed by atoms with Crippen molar-refractivity contribution >= 4 is 17.4 Å². The zero-order chi connectivity index (χ0) is 11.3. The molecule has 81 valence electrons. The Kier molecular flexibility index (Phi) is 4.75. The fraction of sp³-hybridized carbons (Fsp3) is 0.273. The minimum atomic E-state index is -0.376. The van der Waals surface area contributed by atoms with Crippen LogP contribution < -0.4 is 5.73 Å². The molecule has 3 N–H and O–H groups in total. The number of aliphatic hydroxyl groups is 1. The summed E-state index contributed by atoms with van der Waals surface area (Å²) in [5.74, 6) is -0.201. The molecule has 0 heterocycles. The van der Waals surface area contributed by atoms with E-state index in [2.05, 4.69) is 0 Å². The fourth-order valence-electron chi connectivity index (χ4n) is 1.16. The Labute approximate surface area is 93.9 Å². The first-order valence-electron chi connectivity index (χ1n) is 4.63. The summed E-state index contributed by atoms with van der Waals surface area (Å²) >= 11 is 5.72. The highest BCUT2D eigenvalue weighted by molar-refractivity contribution is 6.30. The third-order valence-corrected chi connectivity index (χ3v) is 2.33. The number of nitrogens with two attached hydrogens (primary N) is 1. The van der Waals surface area contributed by atoms with Gasteiger partial charge in [0.2, 0.25) is 0 Å². The van der Waals surface area contributed by atoms with Crippen LogP contribution in [-0.2, 0) is 11.2 Å². The van der Waals surface area contributed by atoms with E-state index in [1.54, 1.807) is 12.1 Å². The van der Waals surface area contributed by atoms with E-state index < -0.39 is 0 Å². The van der Waals surface area contributed by atoms with Gasteiger partial charge in [-0.3, -0.25) is 4.79 Å².